The molecule has 0 unspecified atom stereocenters. The number of benzene rings is 2. The van der Waals surface area contributed by atoms with Gasteiger partial charge < -0.3 is 20.1 Å². The number of carbonyl (C=O) groups is 2. The Morgan fingerprint density at radius 1 is 1.25 bits per heavy atom. The van der Waals surface area contributed by atoms with Crippen LogP contribution in [0.1, 0.15) is 29.7 Å². The number of carbonyl (C=O) groups excluding carboxylic acids is 2. The van der Waals surface area contributed by atoms with Crippen LogP contribution in [0.4, 0.5) is 10.5 Å². The molecule has 3 amide bonds. The highest BCUT2D eigenvalue weighted by molar-refractivity contribution is 5.96. The van der Waals surface area contributed by atoms with E-state index >= 15 is 0 Å². The lowest BCUT2D eigenvalue weighted by Crippen LogP contribution is -2.70. The highest BCUT2D eigenvalue weighted by atomic mass is 16.5. The number of urea groups is 1. The topological polar surface area (TPSA) is 88.7 Å². The third kappa shape index (κ3) is 2.83. The van der Waals surface area contributed by atoms with Gasteiger partial charge in [-0.1, -0.05) is 29.8 Å². The number of aryl methyl sites for hydroxylation is 2. The van der Waals surface area contributed by atoms with Gasteiger partial charge in [0.2, 0.25) is 5.91 Å². The van der Waals surface area contributed by atoms with Crippen molar-refractivity contribution in [1.82, 2.24) is 10.6 Å². The van der Waals surface area contributed by atoms with Crippen molar-refractivity contribution in [1.29, 1.82) is 0 Å². The first-order valence-electron chi connectivity index (χ1n) is 9.15. The fourth-order valence-corrected chi connectivity index (χ4v) is 4.05. The summed E-state index contributed by atoms with van der Waals surface area (Å²) in [6, 6.07) is 10.4. The van der Waals surface area contributed by atoms with E-state index in [1.54, 1.807) is 20.1 Å². The van der Waals surface area contributed by atoms with E-state index in [9.17, 15) is 9.59 Å². The van der Waals surface area contributed by atoms with Crippen LogP contribution in [0, 0.1) is 19.8 Å². The molecule has 4 rings (SSSR count). The second kappa shape index (κ2) is 6.44. The molecule has 0 saturated carbocycles. The number of anilines is 1. The van der Waals surface area contributed by atoms with Crippen LogP contribution in [0.5, 0.6) is 11.5 Å². The molecular formula is C21H23N3O4. The fraction of sp³-hybridized carbons (Fsp3) is 0.333. The van der Waals surface area contributed by atoms with Crippen LogP contribution < -0.4 is 25.4 Å². The average Bonchev–Trinajstić information content (AvgIpc) is 2.62. The molecule has 0 spiro atoms. The molecule has 2 aromatic rings. The third-order valence-corrected chi connectivity index (χ3v) is 5.38. The summed E-state index contributed by atoms with van der Waals surface area (Å²) in [4.78, 5) is 25.5. The summed E-state index contributed by atoms with van der Waals surface area (Å²) in [5.74, 6) is 0.173. The van der Waals surface area contributed by atoms with Crippen molar-refractivity contribution in [2.45, 2.75) is 32.5 Å². The molecule has 28 heavy (non-hydrogen) atoms. The number of ether oxygens (including phenoxy) is 2. The van der Waals surface area contributed by atoms with E-state index < -0.39 is 17.7 Å². The van der Waals surface area contributed by atoms with Crippen molar-refractivity contribution in [2.75, 3.05) is 12.4 Å². The van der Waals surface area contributed by atoms with E-state index in [1.807, 2.05) is 44.2 Å². The highest BCUT2D eigenvalue weighted by Gasteiger charge is 2.56. The zero-order valence-corrected chi connectivity index (χ0v) is 16.3. The Morgan fingerprint density at radius 2 is 2.04 bits per heavy atom. The molecule has 2 bridgehead atoms. The Morgan fingerprint density at radius 3 is 2.75 bits per heavy atom. The van der Waals surface area contributed by atoms with Gasteiger partial charge in [0.05, 0.1) is 13.2 Å². The van der Waals surface area contributed by atoms with Crippen molar-refractivity contribution in [3.63, 3.8) is 0 Å². The van der Waals surface area contributed by atoms with Crippen LogP contribution in [-0.4, -0.2) is 24.8 Å². The molecule has 1 fully saturated rings. The Bertz CT molecular complexity index is 974. The van der Waals surface area contributed by atoms with E-state index in [0.29, 0.717) is 17.1 Å². The monoisotopic (exact) mass is 381 g/mol. The van der Waals surface area contributed by atoms with Crippen LogP contribution in [0.2, 0.25) is 0 Å². The van der Waals surface area contributed by atoms with Gasteiger partial charge in [-0.3, -0.25) is 10.1 Å². The molecule has 2 heterocycles. The smallest absolute Gasteiger partial charge is 0.318 e. The molecule has 7 nitrogen and oxygen atoms in total. The van der Waals surface area contributed by atoms with Gasteiger partial charge in [0.1, 0.15) is 5.92 Å². The Labute approximate surface area is 163 Å². The van der Waals surface area contributed by atoms with Crippen molar-refractivity contribution >= 4 is 17.6 Å². The SMILES string of the molecule is COc1cccc2c1O[C@]1(C)NC(=O)N[C@H]2[C@@H]1C(=O)Nc1ccc(C)cc1C. The molecule has 3 atom stereocenters. The standard InChI is InChI=1S/C21H23N3O4/c1-11-8-9-14(12(2)10-11)22-19(25)16-17-13-6-5-7-15(27-4)18(13)28-21(16,3)24-20(26)23-17/h5-10,16-17H,1-4H3,(H,22,25)(H2,23,24,26)/t16-,17-,21+/m1/s1. The molecule has 2 aliphatic heterocycles. The van der Waals surface area contributed by atoms with Crippen LogP contribution in [-0.2, 0) is 4.79 Å². The first-order chi connectivity index (χ1) is 13.3. The van der Waals surface area contributed by atoms with Crippen LogP contribution in [0.3, 0.4) is 0 Å². The van der Waals surface area contributed by atoms with Crippen molar-refractivity contribution in [3.05, 3.63) is 53.1 Å². The van der Waals surface area contributed by atoms with E-state index in [4.69, 9.17) is 9.47 Å². The first kappa shape index (κ1) is 18.2. The Balaban J connectivity index is 1.74. The second-order valence-corrected chi connectivity index (χ2v) is 7.45. The number of hydrogen-bond donors (Lipinski definition) is 3. The summed E-state index contributed by atoms with van der Waals surface area (Å²) < 4.78 is 11.5. The van der Waals surface area contributed by atoms with Gasteiger partial charge in [-0.05, 0) is 38.5 Å². The van der Waals surface area contributed by atoms with Gasteiger partial charge >= 0.3 is 6.03 Å². The predicted molar refractivity (Wildman–Crippen MR) is 104 cm³/mol. The Kier molecular flexibility index (Phi) is 4.18. The number of rotatable bonds is 3. The molecule has 0 radical (unpaired) electrons. The molecule has 146 valence electrons. The second-order valence-electron chi connectivity index (χ2n) is 7.45. The maximum Gasteiger partial charge on any atom is 0.318 e. The summed E-state index contributed by atoms with van der Waals surface area (Å²) in [6.45, 7) is 5.66. The third-order valence-electron chi connectivity index (χ3n) is 5.38. The number of methoxy groups -OCH3 is 1. The maximum atomic E-state index is 13.3. The van der Waals surface area contributed by atoms with Crippen molar-refractivity contribution in [2.24, 2.45) is 5.92 Å². The average molecular weight is 381 g/mol. The zero-order valence-electron chi connectivity index (χ0n) is 16.3. The van der Waals surface area contributed by atoms with Gasteiger partial charge in [0.15, 0.2) is 17.2 Å². The number of fused-ring (bicyclic) bond motifs is 4. The molecule has 2 aromatic carbocycles. The lowest BCUT2D eigenvalue weighted by atomic mass is 9.79. The molecule has 2 aliphatic rings. The molecular weight excluding hydrogens is 358 g/mol. The number of para-hydroxylation sites is 1. The number of hydrogen-bond acceptors (Lipinski definition) is 4. The summed E-state index contributed by atoms with van der Waals surface area (Å²) in [7, 11) is 1.56. The zero-order chi connectivity index (χ0) is 20.1. The lowest BCUT2D eigenvalue weighted by molar-refractivity contribution is -0.133. The quantitative estimate of drug-likeness (QED) is 0.763. The van der Waals surface area contributed by atoms with Gasteiger partial charge in [0.25, 0.3) is 0 Å². The lowest BCUT2D eigenvalue weighted by Gasteiger charge is -2.49. The number of amides is 3. The molecule has 1 saturated heterocycles. The van der Waals surface area contributed by atoms with Crippen molar-refractivity contribution in [3.8, 4) is 11.5 Å². The minimum atomic E-state index is -1.21. The van der Waals surface area contributed by atoms with E-state index in [1.165, 1.54) is 0 Å². The van der Waals surface area contributed by atoms with Gasteiger partial charge in [-0.25, -0.2) is 4.79 Å². The van der Waals surface area contributed by atoms with E-state index in [2.05, 4.69) is 16.0 Å². The normalized spacial score (nSPS) is 24.9. The first-order valence-corrected chi connectivity index (χ1v) is 9.15. The maximum absolute atomic E-state index is 13.3. The molecule has 7 heteroatoms. The highest BCUT2D eigenvalue weighted by Crippen LogP contribution is 2.48. The molecule has 0 aliphatic carbocycles. The summed E-state index contributed by atoms with van der Waals surface area (Å²) >= 11 is 0. The minimum absolute atomic E-state index is 0.236. The van der Waals surface area contributed by atoms with Gasteiger partial charge in [-0.15, -0.1) is 0 Å². The van der Waals surface area contributed by atoms with Crippen molar-refractivity contribution < 1.29 is 19.1 Å². The Hall–Kier alpha value is -3.22. The largest absolute Gasteiger partial charge is 0.493 e. The van der Waals surface area contributed by atoms with Gasteiger partial charge in [-0.2, -0.15) is 0 Å². The minimum Gasteiger partial charge on any atom is -0.493 e. The summed E-state index contributed by atoms with van der Waals surface area (Å²) in [5.41, 5.74) is 2.33. The number of nitrogens with one attached hydrogen (secondary N) is 3. The summed E-state index contributed by atoms with van der Waals surface area (Å²) in [5, 5.41) is 8.64. The fourth-order valence-electron chi connectivity index (χ4n) is 4.05. The van der Waals surface area contributed by atoms with Crippen LogP contribution >= 0.6 is 0 Å². The predicted octanol–water partition coefficient (Wildman–Crippen LogP) is 3.03. The van der Waals surface area contributed by atoms with Crippen LogP contribution in [0.15, 0.2) is 36.4 Å². The summed E-state index contributed by atoms with van der Waals surface area (Å²) in [6.07, 6.45) is 0. The van der Waals surface area contributed by atoms with Gasteiger partial charge in [0, 0.05) is 11.3 Å². The van der Waals surface area contributed by atoms with E-state index in [0.717, 1.165) is 16.8 Å². The van der Waals surface area contributed by atoms with E-state index in [-0.39, 0.29) is 11.9 Å². The molecule has 0 aromatic heterocycles. The molecule has 3 N–H and O–H groups in total. The van der Waals surface area contributed by atoms with Crippen LogP contribution in [0.25, 0.3) is 0 Å².